The van der Waals surface area contributed by atoms with Crippen LogP contribution < -0.4 is 15.0 Å². The number of H-pyrrole nitrogens is 1. The van der Waals surface area contributed by atoms with Crippen molar-refractivity contribution in [1.29, 1.82) is 0 Å². The minimum atomic E-state index is 0.484. The maximum Gasteiger partial charge on any atom is 0.227 e. The molecule has 1 aliphatic heterocycles. The zero-order chi connectivity index (χ0) is 19.3. The van der Waals surface area contributed by atoms with Crippen LogP contribution in [0.2, 0.25) is 0 Å². The number of nitrogens with zero attached hydrogens (tertiary/aromatic N) is 5. The fraction of sp³-hybridized carbons (Fsp3) is 0.400. The molecule has 0 bridgehead atoms. The van der Waals surface area contributed by atoms with E-state index >= 15 is 0 Å². The molecular formula is C20H25N7O. The van der Waals surface area contributed by atoms with E-state index in [1.54, 1.807) is 18.7 Å². The molecule has 0 amide bonds. The highest BCUT2D eigenvalue weighted by molar-refractivity contribution is 5.51. The van der Waals surface area contributed by atoms with E-state index in [1.807, 2.05) is 32.2 Å². The summed E-state index contributed by atoms with van der Waals surface area (Å²) < 4.78 is 6.01. The van der Waals surface area contributed by atoms with Crippen LogP contribution in [0, 0.1) is 13.8 Å². The quantitative estimate of drug-likeness (QED) is 0.680. The molecule has 3 aromatic rings. The molecule has 0 aliphatic carbocycles. The Morgan fingerprint density at radius 2 is 2.00 bits per heavy atom. The van der Waals surface area contributed by atoms with E-state index in [-0.39, 0.29) is 0 Å². The van der Waals surface area contributed by atoms with Crippen molar-refractivity contribution in [1.82, 2.24) is 30.2 Å². The van der Waals surface area contributed by atoms with E-state index in [2.05, 4.69) is 35.1 Å². The molecule has 0 spiro atoms. The fourth-order valence-electron chi connectivity index (χ4n) is 3.46. The standard InChI is InChI=1S/C20H25N7O/c1-14-19(25-13-26-20(14)28-17-4-3-7-21-15(17)2)27-10-5-16(6-11-27)24-12-18-22-8-9-23-18/h3-4,7-9,13,16,24H,5-6,10-12H2,1-2H3,(H,22,23). The average molecular weight is 379 g/mol. The lowest BCUT2D eigenvalue weighted by atomic mass is 10.0. The van der Waals surface area contributed by atoms with Gasteiger partial charge in [0.1, 0.15) is 18.0 Å². The van der Waals surface area contributed by atoms with Gasteiger partial charge in [-0.1, -0.05) is 0 Å². The molecule has 1 saturated heterocycles. The lowest BCUT2D eigenvalue weighted by molar-refractivity contribution is 0.407. The topological polar surface area (TPSA) is 91.8 Å². The van der Waals surface area contributed by atoms with Gasteiger partial charge in [-0.05, 0) is 38.8 Å². The van der Waals surface area contributed by atoms with Crippen molar-refractivity contribution in [2.75, 3.05) is 18.0 Å². The van der Waals surface area contributed by atoms with E-state index in [1.165, 1.54) is 0 Å². The van der Waals surface area contributed by atoms with Crippen molar-refractivity contribution in [3.8, 4) is 11.6 Å². The van der Waals surface area contributed by atoms with Gasteiger partial charge in [0, 0.05) is 37.7 Å². The third kappa shape index (κ3) is 4.12. The van der Waals surface area contributed by atoms with E-state index in [0.29, 0.717) is 11.9 Å². The normalized spacial score (nSPS) is 15.0. The maximum absolute atomic E-state index is 6.01. The Kier molecular flexibility index (Phi) is 5.48. The van der Waals surface area contributed by atoms with Gasteiger partial charge in [0.15, 0.2) is 5.75 Å². The Balaban J connectivity index is 1.39. The van der Waals surface area contributed by atoms with Gasteiger partial charge in [0.2, 0.25) is 5.88 Å². The first-order chi connectivity index (χ1) is 13.7. The summed E-state index contributed by atoms with van der Waals surface area (Å²) in [5.74, 6) is 3.22. The molecule has 28 heavy (non-hydrogen) atoms. The third-order valence-corrected chi connectivity index (χ3v) is 5.08. The molecule has 8 heteroatoms. The second-order valence-corrected chi connectivity index (χ2v) is 6.99. The molecule has 0 unspecified atom stereocenters. The first kappa shape index (κ1) is 18.4. The monoisotopic (exact) mass is 379 g/mol. The van der Waals surface area contributed by atoms with Crippen LogP contribution in [0.4, 0.5) is 5.82 Å². The van der Waals surface area contributed by atoms with Crippen LogP contribution in [0.5, 0.6) is 11.6 Å². The summed E-state index contributed by atoms with van der Waals surface area (Å²) in [5, 5.41) is 3.58. The third-order valence-electron chi connectivity index (χ3n) is 5.08. The first-order valence-corrected chi connectivity index (χ1v) is 9.58. The molecule has 3 aromatic heterocycles. The molecule has 2 N–H and O–H groups in total. The van der Waals surface area contributed by atoms with Gasteiger partial charge < -0.3 is 19.9 Å². The van der Waals surface area contributed by atoms with Crippen molar-refractivity contribution in [3.05, 3.63) is 54.1 Å². The number of ether oxygens (including phenoxy) is 1. The Morgan fingerprint density at radius 3 is 2.75 bits per heavy atom. The number of nitrogens with one attached hydrogen (secondary N) is 2. The Hall–Kier alpha value is -3.00. The molecule has 4 rings (SSSR count). The van der Waals surface area contributed by atoms with Crippen LogP contribution in [-0.4, -0.2) is 44.1 Å². The predicted octanol–water partition coefficient (Wildman–Crippen LogP) is 2.76. The number of piperidine rings is 1. The zero-order valence-electron chi connectivity index (χ0n) is 16.2. The number of anilines is 1. The maximum atomic E-state index is 6.01. The van der Waals surface area contributed by atoms with Gasteiger partial charge in [-0.15, -0.1) is 0 Å². The molecule has 1 fully saturated rings. The first-order valence-electron chi connectivity index (χ1n) is 9.58. The van der Waals surface area contributed by atoms with Crippen LogP contribution >= 0.6 is 0 Å². The van der Waals surface area contributed by atoms with Crippen molar-refractivity contribution < 1.29 is 4.74 Å². The lowest BCUT2D eigenvalue weighted by Crippen LogP contribution is -2.43. The summed E-state index contributed by atoms with van der Waals surface area (Å²) in [6, 6.07) is 4.25. The molecule has 0 radical (unpaired) electrons. The Morgan fingerprint density at radius 1 is 1.14 bits per heavy atom. The van der Waals surface area contributed by atoms with Crippen LogP contribution in [0.1, 0.15) is 29.9 Å². The van der Waals surface area contributed by atoms with E-state index < -0.39 is 0 Å². The average Bonchev–Trinajstić information content (AvgIpc) is 3.24. The van der Waals surface area contributed by atoms with Gasteiger partial charge in [0.25, 0.3) is 0 Å². The van der Waals surface area contributed by atoms with Gasteiger partial charge in [-0.25, -0.2) is 15.0 Å². The molecule has 4 heterocycles. The lowest BCUT2D eigenvalue weighted by Gasteiger charge is -2.34. The molecule has 146 valence electrons. The minimum Gasteiger partial charge on any atom is -0.437 e. The van der Waals surface area contributed by atoms with Crippen LogP contribution in [0.25, 0.3) is 0 Å². The van der Waals surface area contributed by atoms with Crippen LogP contribution in [0.15, 0.2) is 37.1 Å². The van der Waals surface area contributed by atoms with Crippen LogP contribution in [0.3, 0.4) is 0 Å². The molecule has 8 nitrogen and oxygen atoms in total. The minimum absolute atomic E-state index is 0.484. The zero-order valence-corrected chi connectivity index (χ0v) is 16.2. The van der Waals surface area contributed by atoms with Gasteiger partial charge in [-0.3, -0.25) is 4.98 Å². The second kappa shape index (κ2) is 8.35. The van der Waals surface area contributed by atoms with E-state index in [9.17, 15) is 0 Å². The summed E-state index contributed by atoms with van der Waals surface area (Å²) >= 11 is 0. The SMILES string of the molecule is Cc1ncccc1Oc1ncnc(N2CCC(NCc3ncc[nH]3)CC2)c1C. The summed E-state index contributed by atoms with van der Waals surface area (Å²) in [4.78, 5) is 22.8. The predicted molar refractivity (Wildman–Crippen MR) is 106 cm³/mol. The van der Waals surface area contributed by atoms with Gasteiger partial charge in [-0.2, -0.15) is 0 Å². The summed E-state index contributed by atoms with van der Waals surface area (Å²) in [6.45, 7) is 6.59. The number of pyridine rings is 1. The summed E-state index contributed by atoms with van der Waals surface area (Å²) in [5.41, 5.74) is 1.79. The summed E-state index contributed by atoms with van der Waals surface area (Å²) in [7, 11) is 0. The number of aryl methyl sites for hydroxylation is 1. The molecule has 0 saturated carbocycles. The largest absolute Gasteiger partial charge is 0.437 e. The molecule has 0 atom stereocenters. The van der Waals surface area contributed by atoms with Crippen molar-refractivity contribution in [2.45, 2.75) is 39.3 Å². The van der Waals surface area contributed by atoms with Crippen molar-refractivity contribution in [2.24, 2.45) is 0 Å². The van der Waals surface area contributed by atoms with E-state index in [0.717, 1.165) is 61.1 Å². The molecule has 1 aliphatic rings. The smallest absolute Gasteiger partial charge is 0.227 e. The Bertz CT molecular complexity index is 905. The fourth-order valence-corrected chi connectivity index (χ4v) is 3.46. The highest BCUT2D eigenvalue weighted by Crippen LogP contribution is 2.30. The number of rotatable bonds is 6. The second-order valence-electron chi connectivity index (χ2n) is 6.99. The van der Waals surface area contributed by atoms with Crippen molar-refractivity contribution in [3.63, 3.8) is 0 Å². The van der Waals surface area contributed by atoms with E-state index in [4.69, 9.17) is 4.74 Å². The highest BCUT2D eigenvalue weighted by atomic mass is 16.5. The van der Waals surface area contributed by atoms with Crippen LogP contribution in [-0.2, 0) is 6.54 Å². The summed E-state index contributed by atoms with van der Waals surface area (Å²) in [6.07, 6.45) is 9.08. The number of aromatic nitrogens is 5. The Labute approximate surface area is 164 Å². The number of aromatic amines is 1. The van der Waals surface area contributed by atoms with Crippen molar-refractivity contribution >= 4 is 5.82 Å². The van der Waals surface area contributed by atoms with Gasteiger partial charge in [0.05, 0.1) is 17.8 Å². The van der Waals surface area contributed by atoms with Gasteiger partial charge >= 0.3 is 0 Å². The highest BCUT2D eigenvalue weighted by Gasteiger charge is 2.23. The molecular weight excluding hydrogens is 354 g/mol. The number of hydrogen-bond donors (Lipinski definition) is 2. The number of imidazole rings is 1. The molecule has 0 aromatic carbocycles. The number of hydrogen-bond acceptors (Lipinski definition) is 7.